The molecule has 0 amide bonds. The molecule has 0 radical (unpaired) electrons. The van der Waals surface area contributed by atoms with Crippen molar-refractivity contribution in [3.8, 4) is 6.07 Å². The number of sulfone groups is 1. The molecule has 0 aliphatic carbocycles. The summed E-state index contributed by atoms with van der Waals surface area (Å²) in [5.74, 6) is 0.537. The van der Waals surface area contributed by atoms with Crippen molar-refractivity contribution in [2.24, 2.45) is 0 Å². The molecule has 4 nitrogen and oxygen atoms in total. The van der Waals surface area contributed by atoms with Crippen LogP contribution >= 0.6 is 11.8 Å². The van der Waals surface area contributed by atoms with Crippen LogP contribution in [0.3, 0.4) is 0 Å². The number of nitrogens with zero attached hydrogens (tertiary/aromatic N) is 1. The summed E-state index contributed by atoms with van der Waals surface area (Å²) in [7, 11) is -3.97. The number of benzene rings is 3. The van der Waals surface area contributed by atoms with Crippen LogP contribution in [-0.2, 0) is 15.6 Å². The Morgan fingerprint density at radius 2 is 1.55 bits per heavy atom. The second kappa shape index (κ2) is 9.86. The molecule has 0 saturated carbocycles. The van der Waals surface area contributed by atoms with Gasteiger partial charge < -0.3 is 5.32 Å². The zero-order valence-electron chi connectivity index (χ0n) is 17.7. The Labute approximate surface area is 188 Å². The third-order valence-electron chi connectivity index (χ3n) is 5.12. The zero-order valence-corrected chi connectivity index (χ0v) is 19.3. The molecule has 0 aromatic heterocycles. The van der Waals surface area contributed by atoms with Crippen molar-refractivity contribution in [2.45, 2.75) is 31.4 Å². The average molecular weight is 449 g/mol. The lowest BCUT2D eigenvalue weighted by Crippen LogP contribution is -2.11. The molecule has 0 aliphatic rings. The van der Waals surface area contributed by atoms with E-state index in [1.165, 1.54) is 23.9 Å². The van der Waals surface area contributed by atoms with Gasteiger partial charge in [-0.2, -0.15) is 5.26 Å². The molecule has 3 aromatic carbocycles. The fourth-order valence-electron chi connectivity index (χ4n) is 3.04. The third-order valence-corrected chi connectivity index (χ3v) is 8.02. The largest absolute Gasteiger partial charge is 0.348 e. The Balaban J connectivity index is 2.09. The van der Waals surface area contributed by atoms with Gasteiger partial charge in [0.05, 0.1) is 4.90 Å². The molecule has 0 saturated heterocycles. The van der Waals surface area contributed by atoms with Crippen LogP contribution in [0.5, 0.6) is 0 Å². The van der Waals surface area contributed by atoms with Crippen molar-refractivity contribution >= 4 is 27.3 Å². The lowest BCUT2D eigenvalue weighted by Gasteiger charge is -2.17. The minimum atomic E-state index is -3.97. The van der Waals surface area contributed by atoms with Crippen LogP contribution in [0.1, 0.15) is 22.3 Å². The maximum atomic E-state index is 13.3. The van der Waals surface area contributed by atoms with E-state index in [0.29, 0.717) is 10.8 Å². The normalized spacial score (nSPS) is 12.1. The first-order chi connectivity index (χ1) is 14.8. The number of hydrogen-bond donors (Lipinski definition) is 1. The second-order valence-corrected chi connectivity index (χ2v) is 10.0. The van der Waals surface area contributed by atoms with Gasteiger partial charge in [-0.25, -0.2) is 8.42 Å². The van der Waals surface area contributed by atoms with Gasteiger partial charge in [-0.1, -0.05) is 54.6 Å². The highest BCUT2D eigenvalue weighted by Crippen LogP contribution is 2.33. The van der Waals surface area contributed by atoms with Crippen LogP contribution in [0.15, 0.2) is 87.6 Å². The number of aryl methyl sites for hydroxylation is 2. The molecule has 31 heavy (non-hydrogen) atoms. The van der Waals surface area contributed by atoms with Gasteiger partial charge in [0.25, 0.3) is 0 Å². The summed E-state index contributed by atoms with van der Waals surface area (Å²) < 4.78 is 26.6. The summed E-state index contributed by atoms with van der Waals surface area (Å²) in [5, 5.41) is 13.5. The topological polar surface area (TPSA) is 70.0 Å². The molecule has 0 atom stereocenters. The van der Waals surface area contributed by atoms with Crippen LogP contribution < -0.4 is 5.32 Å². The number of nitrogens with one attached hydrogen (secondary N) is 1. The second-order valence-electron chi connectivity index (χ2n) is 7.17. The highest BCUT2D eigenvalue weighted by atomic mass is 32.2. The van der Waals surface area contributed by atoms with E-state index in [-0.39, 0.29) is 9.80 Å². The van der Waals surface area contributed by atoms with E-state index in [4.69, 9.17) is 0 Å². The van der Waals surface area contributed by atoms with Gasteiger partial charge >= 0.3 is 0 Å². The van der Waals surface area contributed by atoms with E-state index >= 15 is 0 Å². The van der Waals surface area contributed by atoms with Gasteiger partial charge in [0.1, 0.15) is 11.1 Å². The first-order valence-corrected chi connectivity index (χ1v) is 12.3. The molecule has 0 aliphatic heterocycles. The minimum Gasteiger partial charge on any atom is -0.348 e. The molecular formula is C25H24N2O2S2. The zero-order chi connectivity index (χ0) is 22.4. The SMILES string of the molecule is Cc1ccccc1CSC(Nc1cccc(C)c1C)=C(C#N)S(=O)(=O)c1ccccc1. The molecular weight excluding hydrogens is 424 g/mol. The minimum absolute atomic E-state index is 0.100. The smallest absolute Gasteiger partial charge is 0.219 e. The van der Waals surface area contributed by atoms with Crippen molar-refractivity contribution < 1.29 is 8.42 Å². The lowest BCUT2D eigenvalue weighted by atomic mass is 10.1. The van der Waals surface area contributed by atoms with Crippen molar-refractivity contribution in [2.75, 3.05) is 5.32 Å². The summed E-state index contributed by atoms with van der Waals surface area (Å²) in [5.41, 5.74) is 5.07. The van der Waals surface area contributed by atoms with Crippen molar-refractivity contribution in [3.05, 3.63) is 105 Å². The van der Waals surface area contributed by atoms with Gasteiger partial charge in [-0.3, -0.25) is 0 Å². The Hall–Kier alpha value is -3.01. The van der Waals surface area contributed by atoms with Gasteiger partial charge in [-0.05, 0) is 61.2 Å². The summed E-state index contributed by atoms with van der Waals surface area (Å²) >= 11 is 1.32. The van der Waals surface area contributed by atoms with Gasteiger partial charge in [-0.15, -0.1) is 11.8 Å². The molecule has 0 spiro atoms. The van der Waals surface area contributed by atoms with Crippen molar-refractivity contribution in [1.82, 2.24) is 0 Å². The van der Waals surface area contributed by atoms with Gasteiger partial charge in [0, 0.05) is 11.4 Å². The first-order valence-electron chi connectivity index (χ1n) is 9.79. The lowest BCUT2D eigenvalue weighted by molar-refractivity contribution is 0.603. The standard InChI is InChI=1S/C25H24N2O2S2/c1-18-11-9-15-23(20(18)3)27-25(30-17-21-12-8-7-10-19(21)2)24(16-26)31(28,29)22-13-5-4-6-14-22/h4-15,27H,17H2,1-3H3. The van der Waals surface area contributed by atoms with Crippen LogP contribution in [0, 0.1) is 32.1 Å². The Morgan fingerprint density at radius 1 is 0.903 bits per heavy atom. The van der Waals surface area contributed by atoms with Gasteiger partial charge in [0.2, 0.25) is 9.84 Å². The fourth-order valence-corrected chi connectivity index (χ4v) is 5.69. The molecule has 3 aromatic rings. The van der Waals surface area contributed by atoms with E-state index in [0.717, 1.165) is 27.9 Å². The fraction of sp³-hybridized carbons (Fsp3) is 0.160. The Bertz CT molecular complexity index is 1260. The molecule has 6 heteroatoms. The van der Waals surface area contributed by atoms with E-state index in [1.54, 1.807) is 18.2 Å². The maximum absolute atomic E-state index is 13.3. The van der Waals surface area contributed by atoms with E-state index in [2.05, 4.69) is 5.32 Å². The molecule has 0 unspecified atom stereocenters. The maximum Gasteiger partial charge on any atom is 0.219 e. The quantitative estimate of drug-likeness (QED) is 0.441. The van der Waals surface area contributed by atoms with E-state index in [9.17, 15) is 13.7 Å². The molecule has 158 valence electrons. The van der Waals surface area contributed by atoms with Gasteiger partial charge in [0.15, 0.2) is 4.91 Å². The number of rotatable bonds is 7. The van der Waals surface area contributed by atoms with Crippen molar-refractivity contribution in [1.29, 1.82) is 5.26 Å². The van der Waals surface area contributed by atoms with E-state index < -0.39 is 9.84 Å². The molecule has 0 bridgehead atoms. The molecule has 0 fully saturated rings. The summed E-state index contributed by atoms with van der Waals surface area (Å²) in [6.45, 7) is 5.98. The number of nitriles is 1. The molecule has 0 heterocycles. The van der Waals surface area contributed by atoms with E-state index in [1.807, 2.05) is 69.3 Å². The monoisotopic (exact) mass is 448 g/mol. The predicted octanol–water partition coefficient (Wildman–Crippen LogP) is 6.12. The van der Waals surface area contributed by atoms with Crippen LogP contribution in [-0.4, -0.2) is 8.42 Å². The number of allylic oxidation sites excluding steroid dienone is 1. The summed E-state index contributed by atoms with van der Waals surface area (Å²) in [6, 6.07) is 23.8. The number of thioether (sulfide) groups is 1. The summed E-state index contributed by atoms with van der Waals surface area (Å²) in [4.78, 5) is -0.179. The molecule has 3 rings (SSSR count). The van der Waals surface area contributed by atoms with Crippen LogP contribution in [0.4, 0.5) is 5.69 Å². The van der Waals surface area contributed by atoms with Crippen molar-refractivity contribution in [3.63, 3.8) is 0 Å². The number of anilines is 1. The summed E-state index contributed by atoms with van der Waals surface area (Å²) in [6.07, 6.45) is 0. The highest BCUT2D eigenvalue weighted by Gasteiger charge is 2.26. The average Bonchev–Trinajstić information content (AvgIpc) is 2.77. The highest BCUT2D eigenvalue weighted by molar-refractivity contribution is 8.04. The number of hydrogen-bond acceptors (Lipinski definition) is 5. The predicted molar refractivity (Wildman–Crippen MR) is 128 cm³/mol. The first kappa shape index (κ1) is 22.7. The third kappa shape index (κ3) is 5.19. The Morgan fingerprint density at radius 3 is 2.23 bits per heavy atom. The van der Waals surface area contributed by atoms with Crippen LogP contribution in [0.2, 0.25) is 0 Å². The van der Waals surface area contributed by atoms with Crippen LogP contribution in [0.25, 0.3) is 0 Å². The Kier molecular flexibility index (Phi) is 7.21. The molecule has 1 N–H and O–H groups in total.